The SMILES string of the molecule is CC(=O)C(NC1CCCC1)c1ccc(/C=C/C(=O)Nc2ccccc2N)cc1. The lowest BCUT2D eigenvalue weighted by atomic mass is 10.0. The second-order valence-corrected chi connectivity index (χ2v) is 7.27. The van der Waals surface area contributed by atoms with Crippen LogP contribution in [0.25, 0.3) is 6.08 Å². The van der Waals surface area contributed by atoms with Gasteiger partial charge in [0.05, 0.1) is 17.4 Å². The second kappa shape index (κ2) is 9.33. The van der Waals surface area contributed by atoms with Crippen molar-refractivity contribution in [3.8, 4) is 0 Å². The van der Waals surface area contributed by atoms with E-state index >= 15 is 0 Å². The molecule has 0 radical (unpaired) electrons. The molecule has 2 aromatic rings. The van der Waals surface area contributed by atoms with E-state index in [1.807, 2.05) is 36.4 Å². The number of carbonyl (C=O) groups excluding carboxylic acids is 2. The van der Waals surface area contributed by atoms with Gasteiger partial charge in [-0.15, -0.1) is 0 Å². The van der Waals surface area contributed by atoms with E-state index in [0.717, 1.165) is 24.0 Å². The Balaban J connectivity index is 1.62. The highest BCUT2D eigenvalue weighted by Crippen LogP contribution is 2.23. The number of carbonyl (C=O) groups is 2. The van der Waals surface area contributed by atoms with Gasteiger partial charge in [0.2, 0.25) is 5.91 Å². The molecular weight excluding hydrogens is 350 g/mol. The molecule has 1 amide bonds. The lowest BCUT2D eigenvalue weighted by Gasteiger charge is -2.21. The van der Waals surface area contributed by atoms with Crippen LogP contribution in [0.1, 0.15) is 49.8 Å². The Morgan fingerprint density at radius 3 is 2.39 bits per heavy atom. The van der Waals surface area contributed by atoms with Crippen molar-refractivity contribution in [2.45, 2.75) is 44.7 Å². The summed E-state index contributed by atoms with van der Waals surface area (Å²) < 4.78 is 0. The van der Waals surface area contributed by atoms with E-state index in [4.69, 9.17) is 5.73 Å². The number of nitrogens with two attached hydrogens (primary N) is 1. The minimum atomic E-state index is -0.273. The van der Waals surface area contributed by atoms with Gasteiger partial charge in [0.15, 0.2) is 5.78 Å². The normalized spacial score (nSPS) is 15.6. The Kier molecular flexibility index (Phi) is 6.61. The molecule has 1 unspecified atom stereocenters. The van der Waals surface area contributed by atoms with Gasteiger partial charge in [-0.3, -0.25) is 9.59 Å². The lowest BCUT2D eigenvalue weighted by Crippen LogP contribution is -2.34. The van der Waals surface area contributed by atoms with Crippen LogP contribution in [0.4, 0.5) is 11.4 Å². The van der Waals surface area contributed by atoms with Crippen molar-refractivity contribution in [2.75, 3.05) is 11.1 Å². The first-order valence-electron chi connectivity index (χ1n) is 9.73. The van der Waals surface area contributed by atoms with Gasteiger partial charge in [0, 0.05) is 12.1 Å². The standard InChI is InChI=1S/C23H27N3O2/c1-16(27)23(25-19-6-2-3-7-19)18-13-10-17(11-14-18)12-15-22(28)26-21-9-5-4-8-20(21)24/h4-5,8-15,19,23,25H,2-3,6-7,24H2,1H3,(H,26,28)/b15-12+. The zero-order valence-electron chi connectivity index (χ0n) is 16.2. The van der Waals surface area contributed by atoms with E-state index in [1.165, 1.54) is 18.9 Å². The summed E-state index contributed by atoms with van der Waals surface area (Å²) in [6, 6.07) is 15.0. The van der Waals surface area contributed by atoms with Crippen molar-refractivity contribution in [1.82, 2.24) is 5.32 Å². The molecule has 3 rings (SSSR count). The quantitative estimate of drug-likeness (QED) is 0.501. The first kappa shape index (κ1) is 19.8. The summed E-state index contributed by atoms with van der Waals surface area (Å²) in [5.74, 6) is -0.124. The Labute approximate surface area is 166 Å². The van der Waals surface area contributed by atoms with Crippen molar-refractivity contribution >= 4 is 29.1 Å². The van der Waals surface area contributed by atoms with Crippen LogP contribution in [0, 0.1) is 0 Å². The zero-order chi connectivity index (χ0) is 19.9. The summed E-state index contributed by atoms with van der Waals surface area (Å²) in [5, 5.41) is 6.25. The number of Topliss-reactive ketones (excluding diaryl/α,β-unsaturated/α-hetero) is 1. The van der Waals surface area contributed by atoms with Gasteiger partial charge in [0.25, 0.3) is 0 Å². The Bertz CT molecular complexity index is 852. The summed E-state index contributed by atoms with van der Waals surface area (Å²) in [4.78, 5) is 24.2. The number of benzene rings is 2. The molecule has 0 bridgehead atoms. The molecule has 0 aliphatic heterocycles. The minimum absolute atomic E-state index is 0.120. The van der Waals surface area contributed by atoms with E-state index in [-0.39, 0.29) is 17.7 Å². The average molecular weight is 377 g/mol. The monoisotopic (exact) mass is 377 g/mol. The zero-order valence-corrected chi connectivity index (χ0v) is 16.2. The smallest absolute Gasteiger partial charge is 0.248 e. The fourth-order valence-corrected chi connectivity index (χ4v) is 3.53. The molecule has 2 aromatic carbocycles. The van der Waals surface area contributed by atoms with E-state index < -0.39 is 0 Å². The number of rotatable bonds is 7. The van der Waals surface area contributed by atoms with Crippen molar-refractivity contribution in [3.05, 3.63) is 65.7 Å². The van der Waals surface area contributed by atoms with Gasteiger partial charge in [-0.25, -0.2) is 0 Å². The highest BCUT2D eigenvalue weighted by molar-refractivity contribution is 6.03. The summed E-state index contributed by atoms with van der Waals surface area (Å²) in [7, 11) is 0. The van der Waals surface area contributed by atoms with Gasteiger partial charge in [0.1, 0.15) is 0 Å². The van der Waals surface area contributed by atoms with Crippen LogP contribution in [-0.4, -0.2) is 17.7 Å². The van der Waals surface area contributed by atoms with E-state index in [9.17, 15) is 9.59 Å². The van der Waals surface area contributed by atoms with E-state index in [1.54, 1.807) is 25.1 Å². The predicted molar refractivity (Wildman–Crippen MR) is 114 cm³/mol. The number of anilines is 2. The van der Waals surface area contributed by atoms with Crippen LogP contribution >= 0.6 is 0 Å². The molecule has 28 heavy (non-hydrogen) atoms. The summed E-state index contributed by atoms with van der Waals surface area (Å²) in [6.45, 7) is 1.63. The molecular formula is C23H27N3O2. The number of para-hydroxylation sites is 2. The topological polar surface area (TPSA) is 84.2 Å². The fraction of sp³-hybridized carbons (Fsp3) is 0.304. The van der Waals surface area contributed by atoms with Crippen LogP contribution in [0.5, 0.6) is 0 Å². The second-order valence-electron chi connectivity index (χ2n) is 7.27. The Morgan fingerprint density at radius 1 is 1.07 bits per heavy atom. The molecule has 0 saturated heterocycles. The number of nitrogens with one attached hydrogen (secondary N) is 2. The molecule has 1 atom stereocenters. The fourth-order valence-electron chi connectivity index (χ4n) is 3.53. The first-order chi connectivity index (χ1) is 13.5. The molecule has 1 aliphatic carbocycles. The van der Waals surface area contributed by atoms with Gasteiger partial charge >= 0.3 is 0 Å². The largest absolute Gasteiger partial charge is 0.397 e. The third-order valence-electron chi connectivity index (χ3n) is 5.08. The molecule has 1 fully saturated rings. The minimum Gasteiger partial charge on any atom is -0.397 e. The van der Waals surface area contributed by atoms with Gasteiger partial charge in [-0.1, -0.05) is 49.2 Å². The molecule has 146 valence electrons. The number of amides is 1. The maximum absolute atomic E-state index is 12.1. The highest BCUT2D eigenvalue weighted by atomic mass is 16.1. The Hall–Kier alpha value is -2.92. The number of hydrogen-bond acceptors (Lipinski definition) is 4. The number of hydrogen-bond donors (Lipinski definition) is 3. The third-order valence-corrected chi connectivity index (χ3v) is 5.08. The molecule has 0 spiro atoms. The Morgan fingerprint density at radius 2 is 1.75 bits per heavy atom. The molecule has 0 heterocycles. The van der Waals surface area contributed by atoms with Gasteiger partial charge in [-0.05, 0) is 49.1 Å². The highest BCUT2D eigenvalue weighted by Gasteiger charge is 2.23. The first-order valence-corrected chi connectivity index (χ1v) is 9.73. The summed E-state index contributed by atoms with van der Waals surface area (Å²) in [5.41, 5.74) is 8.80. The summed E-state index contributed by atoms with van der Waals surface area (Å²) in [6.07, 6.45) is 7.93. The molecule has 0 aromatic heterocycles. The molecule has 1 aliphatic rings. The lowest BCUT2D eigenvalue weighted by molar-refractivity contribution is -0.119. The summed E-state index contributed by atoms with van der Waals surface area (Å²) >= 11 is 0. The number of ketones is 1. The maximum Gasteiger partial charge on any atom is 0.248 e. The van der Waals surface area contributed by atoms with E-state index in [2.05, 4.69) is 10.6 Å². The van der Waals surface area contributed by atoms with Crippen LogP contribution in [0.3, 0.4) is 0 Å². The molecule has 5 nitrogen and oxygen atoms in total. The molecule has 1 saturated carbocycles. The van der Waals surface area contributed by atoms with Crippen molar-refractivity contribution in [3.63, 3.8) is 0 Å². The van der Waals surface area contributed by atoms with Crippen LogP contribution in [0.15, 0.2) is 54.6 Å². The maximum atomic E-state index is 12.1. The van der Waals surface area contributed by atoms with Crippen molar-refractivity contribution in [2.24, 2.45) is 0 Å². The van der Waals surface area contributed by atoms with Crippen molar-refractivity contribution < 1.29 is 9.59 Å². The predicted octanol–water partition coefficient (Wildman–Crippen LogP) is 4.08. The molecule has 5 heteroatoms. The van der Waals surface area contributed by atoms with Crippen LogP contribution in [0.2, 0.25) is 0 Å². The van der Waals surface area contributed by atoms with Crippen molar-refractivity contribution in [1.29, 1.82) is 0 Å². The molecule has 4 N–H and O–H groups in total. The van der Waals surface area contributed by atoms with Gasteiger partial charge in [-0.2, -0.15) is 0 Å². The number of nitrogen functional groups attached to an aromatic ring is 1. The third kappa shape index (κ3) is 5.30. The van der Waals surface area contributed by atoms with Crippen LogP contribution in [-0.2, 0) is 9.59 Å². The van der Waals surface area contributed by atoms with E-state index in [0.29, 0.717) is 17.4 Å². The van der Waals surface area contributed by atoms with Gasteiger partial charge < -0.3 is 16.4 Å². The average Bonchev–Trinajstić information content (AvgIpc) is 3.20. The van der Waals surface area contributed by atoms with Crippen LogP contribution < -0.4 is 16.4 Å².